The van der Waals surface area contributed by atoms with Gasteiger partial charge in [-0.15, -0.1) is 0 Å². The Kier molecular flexibility index (Phi) is 3.34. The highest BCUT2D eigenvalue weighted by Gasteiger charge is 2.33. The van der Waals surface area contributed by atoms with Crippen LogP contribution in [0.4, 0.5) is 13.2 Å². The van der Waals surface area contributed by atoms with E-state index in [1.807, 2.05) is 0 Å². The monoisotopic (exact) mass is 184 g/mol. The summed E-state index contributed by atoms with van der Waals surface area (Å²) in [5.74, 6) is 0. The molecule has 1 aliphatic heterocycles. The number of halogens is 3. The number of rotatable bonds is 1. The molecule has 0 unspecified atom stereocenters. The predicted molar refractivity (Wildman–Crippen MR) is 35.6 cm³/mol. The summed E-state index contributed by atoms with van der Waals surface area (Å²) in [6, 6.07) is 0. The molecule has 0 aromatic carbocycles. The van der Waals surface area contributed by atoms with E-state index in [1.54, 1.807) is 0 Å². The van der Waals surface area contributed by atoms with Crippen molar-refractivity contribution in [2.75, 3.05) is 13.2 Å². The van der Waals surface area contributed by atoms with E-state index >= 15 is 0 Å². The molecule has 1 fully saturated rings. The van der Waals surface area contributed by atoms with E-state index in [-0.39, 0.29) is 0 Å². The van der Waals surface area contributed by atoms with Crippen LogP contribution in [0.1, 0.15) is 19.3 Å². The Morgan fingerprint density at radius 2 is 1.58 bits per heavy atom. The highest BCUT2D eigenvalue weighted by atomic mass is 19.4. The molecule has 2 nitrogen and oxygen atoms in total. The molecule has 72 valence electrons. The summed E-state index contributed by atoms with van der Waals surface area (Å²) in [6.45, 7) is 0.724. The van der Waals surface area contributed by atoms with Crippen LogP contribution in [0.5, 0.6) is 0 Å². The molecule has 0 bridgehead atoms. The minimum absolute atomic E-state index is 0.362. The Morgan fingerprint density at radius 1 is 1.08 bits per heavy atom. The summed E-state index contributed by atoms with van der Waals surface area (Å²) in [6.07, 6.45) is -4.75. The fourth-order valence-electron chi connectivity index (χ4n) is 0.989. The van der Waals surface area contributed by atoms with Crippen molar-refractivity contribution < 1.29 is 22.6 Å². The normalized spacial score (nSPS) is 22.2. The smallest absolute Gasteiger partial charge is 0.352 e. The first-order chi connectivity index (χ1) is 5.58. The molecule has 1 heterocycles. The van der Waals surface area contributed by atoms with Crippen molar-refractivity contribution in [1.82, 2.24) is 0 Å². The average Bonchev–Trinajstić information content (AvgIpc) is 2.12. The zero-order valence-corrected chi connectivity index (χ0v) is 6.56. The van der Waals surface area contributed by atoms with E-state index in [9.17, 15) is 13.2 Å². The van der Waals surface area contributed by atoms with Crippen molar-refractivity contribution in [1.29, 1.82) is 0 Å². The molecule has 0 N–H and O–H groups in total. The Balaban J connectivity index is 2.30. The van der Waals surface area contributed by atoms with Crippen molar-refractivity contribution in [3.8, 4) is 0 Å². The first kappa shape index (κ1) is 9.80. The minimum atomic E-state index is -4.20. The van der Waals surface area contributed by atoms with Gasteiger partial charge in [0.2, 0.25) is 0 Å². The van der Waals surface area contributed by atoms with Gasteiger partial charge in [-0.2, -0.15) is 13.2 Å². The van der Waals surface area contributed by atoms with E-state index in [2.05, 4.69) is 0 Å². The van der Waals surface area contributed by atoms with Crippen molar-refractivity contribution in [3.63, 3.8) is 0 Å². The summed E-state index contributed by atoms with van der Waals surface area (Å²) in [4.78, 5) is 0. The molecule has 0 spiro atoms. The highest BCUT2D eigenvalue weighted by molar-refractivity contribution is 4.57. The third-order valence-electron chi connectivity index (χ3n) is 1.54. The summed E-state index contributed by atoms with van der Waals surface area (Å²) in [5.41, 5.74) is 0. The van der Waals surface area contributed by atoms with Crippen LogP contribution in [-0.4, -0.2) is 25.7 Å². The Bertz CT molecular complexity index is 127. The van der Waals surface area contributed by atoms with Crippen LogP contribution in [-0.2, 0) is 9.47 Å². The molecule has 0 aromatic heterocycles. The van der Waals surface area contributed by atoms with Crippen molar-refractivity contribution in [2.24, 2.45) is 0 Å². The molecule has 0 atom stereocenters. The third kappa shape index (κ3) is 3.92. The molecule has 1 rings (SSSR count). The van der Waals surface area contributed by atoms with Crippen LogP contribution >= 0.6 is 0 Å². The molecular weight excluding hydrogens is 173 g/mol. The van der Waals surface area contributed by atoms with Crippen LogP contribution in [0.25, 0.3) is 0 Å². The molecule has 12 heavy (non-hydrogen) atoms. The Hall–Kier alpha value is -0.290. The lowest BCUT2D eigenvalue weighted by molar-refractivity contribution is -0.214. The molecule has 1 saturated heterocycles. The largest absolute Gasteiger partial charge is 0.393 e. The van der Waals surface area contributed by atoms with Gasteiger partial charge in [0.05, 0.1) is 6.42 Å². The molecule has 0 aromatic rings. The van der Waals surface area contributed by atoms with Gasteiger partial charge >= 0.3 is 6.18 Å². The lowest BCUT2D eigenvalue weighted by atomic mass is 10.3. The maximum atomic E-state index is 11.8. The summed E-state index contributed by atoms with van der Waals surface area (Å²) in [7, 11) is 0. The van der Waals surface area contributed by atoms with Gasteiger partial charge in [-0.05, 0) is 12.8 Å². The molecule has 0 aliphatic carbocycles. The molecule has 1 aliphatic rings. The van der Waals surface area contributed by atoms with Gasteiger partial charge in [-0.3, -0.25) is 0 Å². The third-order valence-corrected chi connectivity index (χ3v) is 1.54. The van der Waals surface area contributed by atoms with Gasteiger partial charge in [0.1, 0.15) is 0 Å². The number of ether oxygens (including phenoxy) is 2. The first-order valence-corrected chi connectivity index (χ1v) is 3.88. The predicted octanol–water partition coefficient (Wildman–Crippen LogP) is 2.09. The van der Waals surface area contributed by atoms with Gasteiger partial charge in [-0.25, -0.2) is 0 Å². The van der Waals surface area contributed by atoms with Crippen LogP contribution in [0, 0.1) is 0 Å². The lowest BCUT2D eigenvalue weighted by Crippen LogP contribution is -2.24. The topological polar surface area (TPSA) is 18.5 Å². The Morgan fingerprint density at radius 3 is 2.00 bits per heavy atom. The van der Waals surface area contributed by atoms with Crippen molar-refractivity contribution in [2.45, 2.75) is 31.7 Å². The maximum absolute atomic E-state index is 11.8. The Labute approximate surface area is 68.6 Å². The summed E-state index contributed by atoms with van der Waals surface area (Å²) in [5, 5.41) is 0. The van der Waals surface area contributed by atoms with Crippen LogP contribution in [0.15, 0.2) is 0 Å². The minimum Gasteiger partial charge on any atom is -0.352 e. The second-order valence-electron chi connectivity index (χ2n) is 2.70. The number of alkyl halides is 3. The number of hydrogen-bond acceptors (Lipinski definition) is 2. The van der Waals surface area contributed by atoms with Gasteiger partial charge < -0.3 is 9.47 Å². The van der Waals surface area contributed by atoms with Gasteiger partial charge in [0.25, 0.3) is 0 Å². The zero-order chi connectivity index (χ0) is 9.03. The van der Waals surface area contributed by atoms with Gasteiger partial charge in [0.15, 0.2) is 6.29 Å². The second-order valence-corrected chi connectivity index (χ2v) is 2.70. The summed E-state index contributed by atoms with van der Waals surface area (Å²) >= 11 is 0. The quantitative estimate of drug-likeness (QED) is 0.621. The van der Waals surface area contributed by atoms with E-state index in [0.29, 0.717) is 13.2 Å². The lowest BCUT2D eigenvalue weighted by Gasteiger charge is -2.16. The average molecular weight is 184 g/mol. The van der Waals surface area contributed by atoms with Crippen LogP contribution in [0.3, 0.4) is 0 Å². The fraction of sp³-hybridized carbons (Fsp3) is 1.00. The van der Waals surface area contributed by atoms with Gasteiger partial charge in [0, 0.05) is 13.2 Å². The molecule has 5 heteroatoms. The summed E-state index contributed by atoms with van der Waals surface area (Å²) < 4.78 is 45.1. The van der Waals surface area contributed by atoms with Gasteiger partial charge in [-0.1, -0.05) is 0 Å². The van der Waals surface area contributed by atoms with Crippen LogP contribution in [0.2, 0.25) is 0 Å². The number of hydrogen-bond donors (Lipinski definition) is 0. The molecule has 0 amide bonds. The second kappa shape index (κ2) is 4.09. The van der Waals surface area contributed by atoms with Crippen LogP contribution < -0.4 is 0 Å². The van der Waals surface area contributed by atoms with E-state index in [4.69, 9.17) is 9.47 Å². The van der Waals surface area contributed by atoms with E-state index < -0.39 is 18.9 Å². The van der Waals surface area contributed by atoms with Crippen molar-refractivity contribution >= 4 is 0 Å². The molecule has 0 radical (unpaired) electrons. The standard InChI is InChI=1S/C7H11F3O2/c8-7(9,10)5-6-11-3-1-2-4-12-6/h6H,1-5H2. The first-order valence-electron chi connectivity index (χ1n) is 3.88. The zero-order valence-electron chi connectivity index (χ0n) is 6.56. The van der Waals surface area contributed by atoms with E-state index in [0.717, 1.165) is 12.8 Å². The van der Waals surface area contributed by atoms with Crippen molar-refractivity contribution in [3.05, 3.63) is 0 Å². The van der Waals surface area contributed by atoms with E-state index in [1.165, 1.54) is 0 Å². The molecule has 0 saturated carbocycles. The SMILES string of the molecule is FC(F)(F)CC1OCCCCO1. The highest BCUT2D eigenvalue weighted by Crippen LogP contribution is 2.24. The fourth-order valence-corrected chi connectivity index (χ4v) is 0.989. The molecular formula is C7H11F3O2. The maximum Gasteiger partial charge on any atom is 0.393 e.